The van der Waals surface area contributed by atoms with Crippen molar-refractivity contribution in [1.82, 2.24) is 9.80 Å². The van der Waals surface area contributed by atoms with Gasteiger partial charge in [0.25, 0.3) is 5.91 Å². The van der Waals surface area contributed by atoms with Crippen LogP contribution in [-0.2, 0) is 36.0 Å². The number of ketones is 2. The van der Waals surface area contributed by atoms with Crippen molar-refractivity contribution >= 4 is 50.9 Å². The van der Waals surface area contributed by atoms with Crippen LogP contribution in [0.4, 0.5) is 11.4 Å². The lowest BCUT2D eigenvalue weighted by molar-refractivity contribution is -0.153. The Morgan fingerprint density at radius 1 is 1.07 bits per heavy atom. The van der Waals surface area contributed by atoms with Crippen molar-refractivity contribution in [1.29, 1.82) is 0 Å². The number of aliphatic hydroxyl groups is 3. The Labute approximate surface area is 258 Å². The van der Waals surface area contributed by atoms with Gasteiger partial charge in [0.2, 0.25) is 11.7 Å². The van der Waals surface area contributed by atoms with Gasteiger partial charge in [0.1, 0.15) is 22.8 Å². The molecule has 1 saturated carbocycles. The van der Waals surface area contributed by atoms with Gasteiger partial charge in [-0.05, 0) is 58.6 Å². The van der Waals surface area contributed by atoms with Crippen LogP contribution in [-0.4, -0.2) is 132 Å². The molecule has 1 aromatic carbocycles. The molecule has 4 rings (SSSR count). The van der Waals surface area contributed by atoms with Gasteiger partial charge >= 0.3 is 10.4 Å². The van der Waals surface area contributed by atoms with Crippen molar-refractivity contribution in [3.63, 3.8) is 0 Å². The topological polar surface area (TPSA) is 272 Å². The predicted octanol–water partition coefficient (Wildman–Crippen LogP) is -1.12. The van der Waals surface area contributed by atoms with Gasteiger partial charge in [-0.1, -0.05) is 0 Å². The van der Waals surface area contributed by atoms with Gasteiger partial charge in [0, 0.05) is 31.3 Å². The van der Waals surface area contributed by atoms with Gasteiger partial charge in [-0.25, -0.2) is 0 Å². The van der Waals surface area contributed by atoms with E-state index >= 15 is 0 Å². The van der Waals surface area contributed by atoms with Crippen molar-refractivity contribution in [3.05, 3.63) is 34.1 Å². The summed E-state index contributed by atoms with van der Waals surface area (Å²) in [5.74, 6) is -7.73. The van der Waals surface area contributed by atoms with Crippen molar-refractivity contribution in [3.8, 4) is 5.75 Å². The predicted molar refractivity (Wildman–Crippen MR) is 160 cm³/mol. The summed E-state index contributed by atoms with van der Waals surface area (Å²) in [6.45, 7) is 0.0233. The lowest BCUT2D eigenvalue weighted by Gasteiger charge is -2.50. The van der Waals surface area contributed by atoms with E-state index in [9.17, 15) is 39.6 Å². The Kier molecular flexibility index (Phi) is 9.74. The minimum atomic E-state index is -4.67. The van der Waals surface area contributed by atoms with Crippen LogP contribution in [0.5, 0.6) is 5.75 Å². The van der Waals surface area contributed by atoms with Crippen LogP contribution in [0.1, 0.15) is 17.5 Å². The molecule has 248 valence electrons. The Hall–Kier alpha value is -4.07. The maximum absolute atomic E-state index is 14.0. The van der Waals surface area contributed by atoms with Crippen LogP contribution >= 0.6 is 0 Å². The van der Waals surface area contributed by atoms with Crippen molar-refractivity contribution in [2.24, 2.45) is 17.6 Å². The Bertz CT molecular complexity index is 1620. The number of benzene rings is 1. The minimum Gasteiger partial charge on any atom is -0.508 e. The molecule has 3 aliphatic rings. The smallest absolute Gasteiger partial charge is 0.394 e. The molecule has 0 spiro atoms. The van der Waals surface area contributed by atoms with Crippen LogP contribution in [0.25, 0.3) is 5.76 Å². The van der Waals surface area contributed by atoms with Gasteiger partial charge < -0.3 is 41.3 Å². The fourth-order valence-electron chi connectivity index (χ4n) is 6.26. The maximum Gasteiger partial charge on any atom is 0.394 e. The zero-order valence-electron chi connectivity index (χ0n) is 25.4. The molecular formula is C27H37N5O12S. The zero-order valence-corrected chi connectivity index (χ0v) is 26.2. The zero-order chi connectivity index (χ0) is 34.5. The fourth-order valence-corrected chi connectivity index (χ4v) is 6.26. The standard InChI is InChI=1S/C27H35N5O8.H2O4S/c1-30(2)10-16(33)29-14-9-15(31(3)4)12-7-11-8-13-20(32(5)6)23(36)19(26(28)39)25(38)27(13,40)24(37)17(11)22(35)18(12)21(14)34;1-5(2,3)4/h9,11,13,20,34-35,38,40H,7-8,10H2,1-6H3,(H2,28,39)(H,29,33);(H2,1,2,3,4)/t11?,13?,20-,27-;/m0./s1. The second-order valence-corrected chi connectivity index (χ2v) is 12.6. The number of fused-ring (bicyclic) bond motifs is 3. The van der Waals surface area contributed by atoms with E-state index in [1.807, 2.05) is 0 Å². The number of aromatic hydroxyl groups is 1. The molecule has 18 heteroatoms. The number of primary amides is 1. The molecule has 9 N–H and O–H groups in total. The number of carbonyl (C=O) groups excluding carboxylic acids is 4. The van der Waals surface area contributed by atoms with E-state index in [2.05, 4.69) is 5.32 Å². The SMILES string of the molecule is CN(C)CC(=O)Nc1cc(N(C)C)c2c(c1O)C(O)=C1C(=O)[C@]3(O)C(O)=C(C(N)=O)C(=O)[C@@H](N(C)C)C3CC1C2.O=S(=O)(O)O. The highest BCUT2D eigenvalue weighted by Gasteiger charge is 2.64. The van der Waals surface area contributed by atoms with Crippen LogP contribution in [0.15, 0.2) is 23.0 Å². The number of Topliss-reactive ketones (excluding diaryl/α,β-unsaturated/α-hetero) is 2. The van der Waals surface area contributed by atoms with E-state index in [-0.39, 0.29) is 36.2 Å². The van der Waals surface area contributed by atoms with Crippen LogP contribution in [0.3, 0.4) is 0 Å². The summed E-state index contributed by atoms with van der Waals surface area (Å²) in [4.78, 5) is 56.6. The number of amides is 2. The highest BCUT2D eigenvalue weighted by atomic mass is 32.3. The number of hydrogen-bond acceptors (Lipinski definition) is 13. The molecule has 0 aliphatic heterocycles. The number of nitrogens with one attached hydrogen (secondary N) is 1. The number of carbonyl (C=O) groups is 4. The summed E-state index contributed by atoms with van der Waals surface area (Å²) in [5.41, 5.74) is 2.48. The van der Waals surface area contributed by atoms with Gasteiger partial charge in [0.15, 0.2) is 11.4 Å². The lowest BCUT2D eigenvalue weighted by atomic mass is 9.57. The second kappa shape index (κ2) is 12.4. The molecule has 4 atom stereocenters. The Morgan fingerprint density at radius 2 is 1.62 bits per heavy atom. The first-order valence-corrected chi connectivity index (χ1v) is 14.8. The molecule has 1 fully saturated rings. The number of nitrogens with zero attached hydrogens (tertiary/aromatic N) is 3. The number of phenols is 1. The number of hydrogen-bond donors (Lipinski definition) is 8. The summed E-state index contributed by atoms with van der Waals surface area (Å²) in [6, 6.07) is 0.412. The van der Waals surface area contributed by atoms with E-state index in [0.29, 0.717) is 11.3 Å². The van der Waals surface area contributed by atoms with E-state index < -0.39 is 80.1 Å². The Balaban J connectivity index is 0.00000102. The molecule has 0 heterocycles. The first-order valence-electron chi connectivity index (χ1n) is 13.4. The van der Waals surface area contributed by atoms with Crippen molar-refractivity contribution in [2.75, 3.05) is 59.0 Å². The van der Waals surface area contributed by atoms with Crippen LogP contribution < -0.4 is 16.0 Å². The normalized spacial score (nSPS) is 24.5. The van der Waals surface area contributed by atoms with E-state index in [1.54, 1.807) is 58.2 Å². The van der Waals surface area contributed by atoms with Gasteiger partial charge in [-0.2, -0.15) is 8.42 Å². The first kappa shape index (κ1) is 35.4. The van der Waals surface area contributed by atoms with Crippen LogP contribution in [0.2, 0.25) is 0 Å². The van der Waals surface area contributed by atoms with E-state index in [4.69, 9.17) is 23.3 Å². The molecule has 2 amide bonds. The molecule has 17 nitrogen and oxygen atoms in total. The first-order chi connectivity index (χ1) is 20.5. The van der Waals surface area contributed by atoms with E-state index in [0.717, 1.165) is 0 Å². The molecule has 0 aromatic heterocycles. The van der Waals surface area contributed by atoms with Crippen molar-refractivity contribution < 1.29 is 57.1 Å². The fraction of sp³-hybridized carbons (Fsp3) is 0.481. The summed E-state index contributed by atoms with van der Waals surface area (Å²) in [6.07, 6.45) is 0.127. The summed E-state index contributed by atoms with van der Waals surface area (Å²) in [7, 11) is 5.31. The highest BCUT2D eigenvalue weighted by Crippen LogP contribution is 2.54. The second-order valence-electron chi connectivity index (χ2n) is 11.7. The van der Waals surface area contributed by atoms with Crippen molar-refractivity contribution in [2.45, 2.75) is 24.5 Å². The molecule has 0 radical (unpaired) electrons. The highest BCUT2D eigenvalue weighted by molar-refractivity contribution is 7.79. The summed E-state index contributed by atoms with van der Waals surface area (Å²) >= 11 is 0. The monoisotopic (exact) mass is 655 g/mol. The number of phenolic OH excluding ortho intramolecular Hbond substituents is 1. The number of nitrogens with two attached hydrogens (primary N) is 1. The largest absolute Gasteiger partial charge is 0.508 e. The number of rotatable bonds is 6. The van der Waals surface area contributed by atoms with Gasteiger partial charge in [-0.3, -0.25) is 33.2 Å². The lowest BCUT2D eigenvalue weighted by Crippen LogP contribution is -2.65. The molecular weight excluding hydrogens is 618 g/mol. The Morgan fingerprint density at radius 3 is 2.09 bits per heavy atom. The van der Waals surface area contributed by atoms with Gasteiger partial charge in [-0.15, -0.1) is 0 Å². The average Bonchev–Trinajstić information content (AvgIpc) is 2.85. The quantitative estimate of drug-likeness (QED) is 0.102. The minimum absolute atomic E-state index is 0.00874. The number of anilines is 2. The van der Waals surface area contributed by atoms with Gasteiger partial charge in [0.05, 0.1) is 23.8 Å². The number of aliphatic hydroxyl groups excluding tert-OH is 2. The average molecular weight is 656 g/mol. The van der Waals surface area contributed by atoms with Crippen LogP contribution in [0, 0.1) is 11.8 Å². The third-order valence-electron chi connectivity index (χ3n) is 7.91. The molecule has 2 unspecified atom stereocenters. The molecule has 45 heavy (non-hydrogen) atoms. The molecule has 3 aliphatic carbocycles. The summed E-state index contributed by atoms with van der Waals surface area (Å²) in [5, 5.41) is 48.0. The molecule has 1 aromatic rings. The molecule has 0 saturated heterocycles. The maximum atomic E-state index is 14.0. The summed E-state index contributed by atoms with van der Waals surface area (Å²) < 4.78 is 31.6. The third-order valence-corrected chi connectivity index (χ3v) is 7.91. The van der Waals surface area contributed by atoms with E-state index in [1.165, 1.54) is 4.90 Å². The third kappa shape index (κ3) is 6.51. The number of likely N-dealkylation sites (N-methyl/N-ethyl adjacent to an activating group) is 2. The molecule has 0 bridgehead atoms.